The lowest BCUT2D eigenvalue weighted by molar-refractivity contribution is -0.130. The number of nitrogens with zero attached hydrogens (tertiary/aromatic N) is 3. The van der Waals surface area contributed by atoms with E-state index in [0.29, 0.717) is 5.75 Å². The third kappa shape index (κ3) is 3.93. The van der Waals surface area contributed by atoms with Gasteiger partial charge in [0.25, 0.3) is 5.91 Å². The van der Waals surface area contributed by atoms with Crippen molar-refractivity contribution in [3.63, 3.8) is 0 Å². The van der Waals surface area contributed by atoms with Crippen molar-refractivity contribution in [3.8, 4) is 0 Å². The number of para-hydroxylation sites is 1. The summed E-state index contributed by atoms with van der Waals surface area (Å²) in [7, 11) is 2.04. The third-order valence-electron chi connectivity index (χ3n) is 5.65. The van der Waals surface area contributed by atoms with E-state index in [-0.39, 0.29) is 11.9 Å². The smallest absolute Gasteiger partial charge is 0.253 e. The number of benzene rings is 2. The van der Waals surface area contributed by atoms with Gasteiger partial charge in [-0.05, 0) is 30.0 Å². The lowest BCUT2D eigenvalue weighted by Gasteiger charge is -2.22. The van der Waals surface area contributed by atoms with E-state index in [9.17, 15) is 4.79 Å². The fraction of sp³-hybridized carbons (Fsp3) is 0.200. The summed E-state index contributed by atoms with van der Waals surface area (Å²) in [4.78, 5) is 15.6. The largest absolute Gasteiger partial charge is 0.349 e. The highest BCUT2D eigenvalue weighted by Gasteiger charge is 2.33. The number of amides is 1. The number of carbonyl (C=O) groups excluding carboxylic acids is 1. The highest BCUT2D eigenvalue weighted by Crippen LogP contribution is 2.36. The minimum absolute atomic E-state index is 0.0371. The van der Waals surface area contributed by atoms with Gasteiger partial charge in [0, 0.05) is 35.5 Å². The van der Waals surface area contributed by atoms with E-state index in [0.717, 1.165) is 27.5 Å². The first-order valence-electron chi connectivity index (χ1n) is 10.3. The van der Waals surface area contributed by atoms with Crippen LogP contribution in [-0.2, 0) is 11.8 Å². The van der Waals surface area contributed by atoms with E-state index in [1.807, 2.05) is 25.2 Å². The minimum Gasteiger partial charge on any atom is -0.349 e. The Hall–Kier alpha value is -2.83. The summed E-state index contributed by atoms with van der Waals surface area (Å²) in [5, 5.41) is 9.73. The van der Waals surface area contributed by atoms with Crippen LogP contribution in [-0.4, -0.2) is 26.9 Å². The number of aryl methyl sites for hydroxylation is 2. The molecule has 0 aliphatic carbocycles. The van der Waals surface area contributed by atoms with E-state index in [1.165, 1.54) is 16.5 Å². The fourth-order valence-corrected chi connectivity index (χ4v) is 5.70. The molecule has 1 aliphatic rings. The molecule has 0 saturated carbocycles. The Morgan fingerprint density at radius 1 is 1.13 bits per heavy atom. The Morgan fingerprint density at radius 2 is 1.94 bits per heavy atom. The Kier molecular flexibility index (Phi) is 5.42. The summed E-state index contributed by atoms with van der Waals surface area (Å²) >= 11 is 3.26. The predicted octanol–water partition coefficient (Wildman–Crippen LogP) is 6.02. The highest BCUT2D eigenvalue weighted by molar-refractivity contribution is 8.00. The van der Waals surface area contributed by atoms with Gasteiger partial charge in [-0.15, -0.1) is 23.1 Å². The lowest BCUT2D eigenvalue weighted by atomic mass is 10.00. The molecule has 2 aromatic heterocycles. The molecular formula is C25H23N3OS2. The van der Waals surface area contributed by atoms with Crippen LogP contribution in [0.4, 0.5) is 0 Å². The number of thioether (sulfide) groups is 1. The van der Waals surface area contributed by atoms with E-state index in [2.05, 4.69) is 65.5 Å². The molecule has 2 aromatic carbocycles. The second-order valence-corrected chi connectivity index (χ2v) is 9.77. The summed E-state index contributed by atoms with van der Waals surface area (Å²) in [6, 6.07) is 20.8. The molecule has 0 bridgehead atoms. The molecular weight excluding hydrogens is 422 g/mol. The molecule has 156 valence electrons. The average Bonchev–Trinajstić information content (AvgIpc) is 3.52. The number of thiophene rings is 1. The fourth-order valence-electron chi connectivity index (χ4n) is 4.01. The molecule has 1 atom stereocenters. The molecule has 0 N–H and O–H groups in total. The van der Waals surface area contributed by atoms with E-state index in [4.69, 9.17) is 5.10 Å². The van der Waals surface area contributed by atoms with Crippen molar-refractivity contribution >= 4 is 45.6 Å². The normalized spacial score (nSPS) is 16.1. The Bertz CT molecular complexity index is 1260. The first-order valence-corrected chi connectivity index (χ1v) is 12.1. The number of hydrogen-bond acceptors (Lipinski definition) is 4. The molecule has 0 saturated heterocycles. The van der Waals surface area contributed by atoms with Crippen molar-refractivity contribution < 1.29 is 4.79 Å². The zero-order valence-corrected chi connectivity index (χ0v) is 19.1. The maximum Gasteiger partial charge on any atom is 0.253 e. The first kappa shape index (κ1) is 20.1. The molecule has 0 spiro atoms. The molecule has 0 radical (unpaired) electrons. The lowest BCUT2D eigenvalue weighted by Crippen LogP contribution is -2.28. The Labute approximate surface area is 190 Å². The molecule has 1 amide bonds. The predicted molar refractivity (Wildman–Crippen MR) is 130 cm³/mol. The van der Waals surface area contributed by atoms with Gasteiger partial charge in [0.15, 0.2) is 0 Å². The molecule has 31 heavy (non-hydrogen) atoms. The first-order chi connectivity index (χ1) is 15.1. The summed E-state index contributed by atoms with van der Waals surface area (Å²) in [6.07, 6.45) is 2.85. The molecule has 4 nitrogen and oxygen atoms in total. The van der Waals surface area contributed by atoms with Crippen molar-refractivity contribution in [3.05, 3.63) is 88.2 Å². The van der Waals surface area contributed by atoms with Crippen molar-refractivity contribution in [1.82, 2.24) is 9.58 Å². The van der Waals surface area contributed by atoms with Crippen LogP contribution in [0.3, 0.4) is 0 Å². The van der Waals surface area contributed by atoms with Crippen LogP contribution in [0.15, 0.2) is 82.2 Å². The Morgan fingerprint density at radius 3 is 2.71 bits per heavy atom. The van der Waals surface area contributed by atoms with Gasteiger partial charge >= 0.3 is 0 Å². The maximum atomic E-state index is 13.3. The topological polar surface area (TPSA) is 37.6 Å². The zero-order chi connectivity index (χ0) is 21.4. The highest BCUT2D eigenvalue weighted by atomic mass is 32.2. The SMILES string of the molecule is Cc1ccc([C@@H]2CC(c3cccs3)=NN2C(=O)CSc2cn(C)c3ccccc23)cc1. The second-order valence-electron chi connectivity index (χ2n) is 7.80. The van der Waals surface area contributed by atoms with Gasteiger partial charge < -0.3 is 4.57 Å². The van der Waals surface area contributed by atoms with Gasteiger partial charge in [-0.2, -0.15) is 5.10 Å². The van der Waals surface area contributed by atoms with E-state index < -0.39 is 0 Å². The second kappa shape index (κ2) is 8.36. The number of carbonyl (C=O) groups is 1. The van der Waals surface area contributed by atoms with E-state index >= 15 is 0 Å². The molecule has 0 unspecified atom stereocenters. The van der Waals surface area contributed by atoms with Gasteiger partial charge in [0.2, 0.25) is 0 Å². The van der Waals surface area contributed by atoms with Crippen molar-refractivity contribution in [1.29, 1.82) is 0 Å². The number of hydrazone groups is 1. The van der Waals surface area contributed by atoms with Crippen LogP contribution in [0.2, 0.25) is 0 Å². The van der Waals surface area contributed by atoms with Gasteiger partial charge in [-0.1, -0.05) is 54.1 Å². The molecule has 1 aliphatic heterocycles. The molecule has 5 rings (SSSR count). The van der Waals surface area contributed by atoms with Gasteiger partial charge in [0.1, 0.15) is 0 Å². The maximum absolute atomic E-state index is 13.3. The number of hydrogen-bond donors (Lipinski definition) is 0. The number of fused-ring (bicyclic) bond motifs is 1. The van der Waals surface area contributed by atoms with E-state index in [1.54, 1.807) is 28.1 Å². The molecule has 0 fully saturated rings. The minimum atomic E-state index is -0.0571. The summed E-state index contributed by atoms with van der Waals surface area (Å²) < 4.78 is 2.11. The average molecular weight is 446 g/mol. The monoisotopic (exact) mass is 445 g/mol. The van der Waals surface area contributed by atoms with Crippen LogP contribution >= 0.6 is 23.1 Å². The van der Waals surface area contributed by atoms with Crippen LogP contribution in [0.5, 0.6) is 0 Å². The third-order valence-corrected chi connectivity index (χ3v) is 7.59. The Balaban J connectivity index is 1.40. The molecule has 6 heteroatoms. The van der Waals surface area contributed by atoms with Crippen LogP contribution in [0.25, 0.3) is 10.9 Å². The summed E-state index contributed by atoms with van der Waals surface area (Å²) in [5.74, 6) is 0.396. The van der Waals surface area contributed by atoms with Gasteiger partial charge in [-0.3, -0.25) is 4.79 Å². The van der Waals surface area contributed by atoms with Crippen molar-refractivity contribution in [2.45, 2.75) is 24.3 Å². The number of aromatic nitrogens is 1. The standard InChI is InChI=1S/C25H23N3OS2/c1-17-9-11-18(12-10-17)22-14-20(23-8-5-13-30-23)26-28(22)25(29)16-31-24-15-27(2)21-7-4-3-6-19(21)24/h3-13,15,22H,14,16H2,1-2H3/t22-/m0/s1. The van der Waals surface area contributed by atoms with Crippen LogP contribution < -0.4 is 0 Å². The molecule has 3 heterocycles. The zero-order valence-electron chi connectivity index (χ0n) is 17.5. The quantitative estimate of drug-likeness (QED) is 0.352. The summed E-state index contributed by atoms with van der Waals surface area (Å²) in [6.45, 7) is 2.08. The van der Waals surface area contributed by atoms with Crippen LogP contribution in [0.1, 0.15) is 28.5 Å². The van der Waals surface area contributed by atoms with Gasteiger partial charge in [0.05, 0.1) is 22.4 Å². The van der Waals surface area contributed by atoms with Crippen molar-refractivity contribution in [2.24, 2.45) is 12.1 Å². The van der Waals surface area contributed by atoms with Crippen molar-refractivity contribution in [2.75, 3.05) is 5.75 Å². The number of rotatable bonds is 5. The van der Waals surface area contributed by atoms with Gasteiger partial charge in [-0.25, -0.2) is 5.01 Å². The summed E-state index contributed by atoms with van der Waals surface area (Å²) in [5.41, 5.74) is 4.51. The molecule has 4 aromatic rings. The van der Waals surface area contributed by atoms with Crippen LogP contribution in [0, 0.1) is 6.92 Å².